The molecule has 3 aromatic rings. The third-order valence-corrected chi connectivity index (χ3v) is 3.37. The van der Waals surface area contributed by atoms with Gasteiger partial charge in [-0.3, -0.25) is 0 Å². The van der Waals surface area contributed by atoms with Gasteiger partial charge in [0.1, 0.15) is 11.5 Å². The predicted molar refractivity (Wildman–Crippen MR) is 81.5 cm³/mol. The lowest BCUT2D eigenvalue weighted by Gasteiger charge is -2.05. The van der Waals surface area contributed by atoms with E-state index < -0.39 is 0 Å². The lowest BCUT2D eigenvalue weighted by atomic mass is 10.00. The Hall–Kier alpha value is -2.33. The SMILES string of the molecule is Cc1cc(Cl)cc(-c2noc(N)c2-c2cccc(F)c2)c1. The molecule has 0 amide bonds. The molecule has 0 fully saturated rings. The zero-order valence-corrected chi connectivity index (χ0v) is 12.0. The van der Waals surface area contributed by atoms with Gasteiger partial charge < -0.3 is 10.3 Å². The van der Waals surface area contributed by atoms with Crippen LogP contribution < -0.4 is 5.73 Å². The molecule has 1 heterocycles. The van der Waals surface area contributed by atoms with Crippen molar-refractivity contribution in [3.8, 4) is 22.4 Å². The van der Waals surface area contributed by atoms with Crippen molar-refractivity contribution in [1.29, 1.82) is 0 Å². The Kier molecular flexibility index (Phi) is 3.39. The highest BCUT2D eigenvalue weighted by Gasteiger charge is 2.18. The highest BCUT2D eigenvalue weighted by molar-refractivity contribution is 6.31. The largest absolute Gasteiger partial charge is 0.367 e. The maximum atomic E-state index is 13.4. The molecule has 0 saturated carbocycles. The maximum Gasteiger partial charge on any atom is 0.230 e. The molecule has 0 aliphatic heterocycles. The first-order valence-electron chi connectivity index (χ1n) is 6.33. The topological polar surface area (TPSA) is 52.0 Å². The van der Waals surface area contributed by atoms with Gasteiger partial charge in [-0.2, -0.15) is 0 Å². The molecule has 3 rings (SSSR count). The van der Waals surface area contributed by atoms with Crippen LogP contribution in [0, 0.1) is 12.7 Å². The van der Waals surface area contributed by atoms with Gasteiger partial charge in [-0.15, -0.1) is 0 Å². The molecule has 0 saturated heterocycles. The fraction of sp³-hybridized carbons (Fsp3) is 0.0625. The number of halogens is 2. The summed E-state index contributed by atoms with van der Waals surface area (Å²) in [6, 6.07) is 11.7. The molecule has 0 spiro atoms. The molecule has 2 N–H and O–H groups in total. The molecule has 0 aliphatic carbocycles. The summed E-state index contributed by atoms with van der Waals surface area (Å²) in [4.78, 5) is 0. The van der Waals surface area contributed by atoms with Crippen LogP contribution in [-0.2, 0) is 0 Å². The summed E-state index contributed by atoms with van der Waals surface area (Å²) in [5.74, 6) is -0.199. The molecule has 2 aromatic carbocycles. The van der Waals surface area contributed by atoms with E-state index in [1.807, 2.05) is 19.1 Å². The Morgan fingerprint density at radius 3 is 2.67 bits per heavy atom. The van der Waals surface area contributed by atoms with E-state index in [2.05, 4.69) is 5.16 Å². The number of benzene rings is 2. The lowest BCUT2D eigenvalue weighted by Crippen LogP contribution is -1.89. The fourth-order valence-electron chi connectivity index (χ4n) is 2.30. The first kappa shape index (κ1) is 13.6. The van der Waals surface area contributed by atoms with E-state index in [1.165, 1.54) is 12.1 Å². The zero-order chi connectivity index (χ0) is 15.0. The van der Waals surface area contributed by atoms with Gasteiger partial charge in [-0.1, -0.05) is 28.9 Å². The Bertz CT molecular complexity index is 794. The average molecular weight is 303 g/mol. The molecule has 0 radical (unpaired) electrons. The number of anilines is 1. The van der Waals surface area contributed by atoms with E-state index in [1.54, 1.807) is 18.2 Å². The first-order chi connectivity index (χ1) is 10.0. The molecule has 0 unspecified atom stereocenters. The Morgan fingerprint density at radius 2 is 1.95 bits per heavy atom. The second kappa shape index (κ2) is 5.22. The van der Waals surface area contributed by atoms with Crippen LogP contribution in [0.5, 0.6) is 0 Å². The van der Waals surface area contributed by atoms with Crippen LogP contribution in [0.3, 0.4) is 0 Å². The number of hydrogen-bond acceptors (Lipinski definition) is 3. The summed E-state index contributed by atoms with van der Waals surface area (Å²) in [6.07, 6.45) is 0. The van der Waals surface area contributed by atoms with Gasteiger partial charge in [-0.05, 0) is 48.4 Å². The summed E-state index contributed by atoms with van der Waals surface area (Å²) in [5, 5.41) is 4.59. The number of hydrogen-bond donors (Lipinski definition) is 1. The van der Waals surface area contributed by atoms with Gasteiger partial charge in [0.25, 0.3) is 0 Å². The van der Waals surface area contributed by atoms with Gasteiger partial charge in [0.2, 0.25) is 5.88 Å². The highest BCUT2D eigenvalue weighted by atomic mass is 35.5. The molecule has 106 valence electrons. The second-order valence-corrected chi connectivity index (χ2v) is 5.23. The van der Waals surface area contributed by atoms with Crippen molar-refractivity contribution in [3.05, 3.63) is 58.9 Å². The quantitative estimate of drug-likeness (QED) is 0.747. The minimum atomic E-state index is -0.346. The number of rotatable bonds is 2. The van der Waals surface area contributed by atoms with Crippen molar-refractivity contribution in [1.82, 2.24) is 5.16 Å². The zero-order valence-electron chi connectivity index (χ0n) is 11.2. The highest BCUT2D eigenvalue weighted by Crippen LogP contribution is 2.37. The van der Waals surface area contributed by atoms with Crippen LogP contribution >= 0.6 is 11.6 Å². The van der Waals surface area contributed by atoms with Crippen molar-refractivity contribution in [2.75, 3.05) is 5.73 Å². The lowest BCUT2D eigenvalue weighted by molar-refractivity contribution is 0.439. The van der Waals surface area contributed by atoms with Crippen LogP contribution in [-0.4, -0.2) is 5.16 Å². The number of aromatic nitrogens is 1. The minimum Gasteiger partial charge on any atom is -0.367 e. The average Bonchev–Trinajstić information content (AvgIpc) is 2.79. The smallest absolute Gasteiger partial charge is 0.230 e. The van der Waals surface area contributed by atoms with Gasteiger partial charge in [0, 0.05) is 10.6 Å². The van der Waals surface area contributed by atoms with Crippen molar-refractivity contribution in [3.63, 3.8) is 0 Å². The molecule has 0 atom stereocenters. The van der Waals surface area contributed by atoms with E-state index in [4.69, 9.17) is 21.9 Å². The third-order valence-electron chi connectivity index (χ3n) is 3.15. The number of nitrogens with two attached hydrogens (primary N) is 1. The van der Waals surface area contributed by atoms with Crippen molar-refractivity contribution in [2.24, 2.45) is 0 Å². The third kappa shape index (κ3) is 2.62. The normalized spacial score (nSPS) is 10.8. The van der Waals surface area contributed by atoms with Gasteiger partial charge in [0.05, 0.1) is 5.56 Å². The van der Waals surface area contributed by atoms with Gasteiger partial charge in [0.15, 0.2) is 0 Å². The van der Waals surface area contributed by atoms with Crippen molar-refractivity contribution >= 4 is 17.5 Å². The Labute approximate surface area is 126 Å². The number of nitrogen functional groups attached to an aromatic ring is 1. The van der Waals surface area contributed by atoms with Crippen LogP contribution in [0.2, 0.25) is 5.02 Å². The summed E-state index contributed by atoms with van der Waals surface area (Å²) in [7, 11) is 0. The fourth-order valence-corrected chi connectivity index (χ4v) is 2.59. The Morgan fingerprint density at radius 1 is 1.14 bits per heavy atom. The van der Waals surface area contributed by atoms with Crippen LogP contribution in [0.4, 0.5) is 10.3 Å². The molecule has 0 aliphatic rings. The maximum absolute atomic E-state index is 13.4. The summed E-state index contributed by atoms with van der Waals surface area (Å²) in [5.41, 5.74) is 9.34. The molecule has 3 nitrogen and oxygen atoms in total. The number of aryl methyl sites for hydroxylation is 1. The summed E-state index contributed by atoms with van der Waals surface area (Å²) >= 11 is 6.08. The van der Waals surface area contributed by atoms with Crippen LogP contribution in [0.1, 0.15) is 5.56 Å². The molecule has 0 bridgehead atoms. The van der Waals surface area contributed by atoms with Crippen molar-refractivity contribution < 1.29 is 8.91 Å². The molecular formula is C16H12ClFN2O. The summed E-state index contributed by atoms with van der Waals surface area (Å²) in [6.45, 7) is 1.93. The number of nitrogens with zero attached hydrogens (tertiary/aromatic N) is 1. The standard InChI is InChI=1S/C16H12ClFN2O/c1-9-5-11(7-12(17)6-9)15-14(16(19)21-20-15)10-3-2-4-13(18)8-10/h2-8H,19H2,1H3. The first-order valence-corrected chi connectivity index (χ1v) is 6.71. The predicted octanol–water partition coefficient (Wildman–Crippen LogP) is 4.69. The second-order valence-electron chi connectivity index (χ2n) is 4.80. The van der Waals surface area contributed by atoms with E-state index in [0.29, 0.717) is 21.8 Å². The van der Waals surface area contributed by atoms with Crippen LogP contribution in [0.25, 0.3) is 22.4 Å². The minimum absolute atomic E-state index is 0.147. The molecule has 21 heavy (non-hydrogen) atoms. The van der Waals surface area contributed by atoms with E-state index in [-0.39, 0.29) is 11.7 Å². The molecule has 1 aromatic heterocycles. The molecule has 5 heteroatoms. The van der Waals surface area contributed by atoms with Gasteiger partial charge >= 0.3 is 0 Å². The van der Waals surface area contributed by atoms with E-state index in [9.17, 15) is 4.39 Å². The van der Waals surface area contributed by atoms with Crippen LogP contribution in [0.15, 0.2) is 47.0 Å². The monoisotopic (exact) mass is 302 g/mol. The van der Waals surface area contributed by atoms with E-state index >= 15 is 0 Å². The molecular weight excluding hydrogens is 291 g/mol. The Balaban J connectivity index is 2.21. The van der Waals surface area contributed by atoms with Gasteiger partial charge in [-0.25, -0.2) is 4.39 Å². The van der Waals surface area contributed by atoms with E-state index in [0.717, 1.165) is 11.1 Å². The van der Waals surface area contributed by atoms with Crippen molar-refractivity contribution in [2.45, 2.75) is 6.92 Å². The summed E-state index contributed by atoms with van der Waals surface area (Å²) < 4.78 is 18.5.